The van der Waals surface area contributed by atoms with Crippen molar-refractivity contribution in [1.82, 2.24) is 24.5 Å². The normalized spacial score (nSPS) is 19.6. The first-order valence-electron chi connectivity index (χ1n) is 6.94. The lowest BCUT2D eigenvalue weighted by atomic mass is 9.97. The Morgan fingerprint density at radius 3 is 2.95 bits per heavy atom. The third-order valence-corrected chi connectivity index (χ3v) is 3.71. The number of likely N-dealkylation sites (tertiary alicyclic amines) is 1. The number of halogens is 3. The lowest BCUT2D eigenvalue weighted by molar-refractivity contribution is -0.187. The van der Waals surface area contributed by atoms with Gasteiger partial charge < -0.3 is 4.90 Å². The van der Waals surface area contributed by atoms with Gasteiger partial charge in [-0.2, -0.15) is 18.2 Å². The molecule has 1 saturated heterocycles. The number of piperidine rings is 1. The molecule has 9 heteroatoms. The molecule has 0 N–H and O–H groups in total. The smallest absolute Gasteiger partial charge is 0.342 e. The van der Waals surface area contributed by atoms with Crippen LogP contribution in [0.2, 0.25) is 0 Å². The van der Waals surface area contributed by atoms with Gasteiger partial charge in [-0.25, -0.2) is 9.50 Å². The Morgan fingerprint density at radius 1 is 1.41 bits per heavy atom. The lowest BCUT2D eigenvalue weighted by Gasteiger charge is -2.33. The zero-order valence-electron chi connectivity index (χ0n) is 11.6. The molecule has 0 bridgehead atoms. The summed E-state index contributed by atoms with van der Waals surface area (Å²) in [5, 5.41) is 4.09. The van der Waals surface area contributed by atoms with E-state index in [0.717, 1.165) is 0 Å². The Kier molecular flexibility index (Phi) is 3.71. The predicted molar refractivity (Wildman–Crippen MR) is 69.8 cm³/mol. The lowest BCUT2D eigenvalue weighted by Crippen LogP contribution is -2.45. The van der Waals surface area contributed by atoms with Crippen LogP contribution in [-0.4, -0.2) is 49.7 Å². The van der Waals surface area contributed by atoms with Crippen LogP contribution in [0.1, 0.15) is 18.7 Å². The zero-order valence-corrected chi connectivity index (χ0v) is 11.6. The van der Waals surface area contributed by atoms with E-state index in [1.807, 2.05) is 0 Å². The number of carbonyl (C=O) groups excluding carboxylic acids is 1. The Balaban J connectivity index is 1.68. The van der Waals surface area contributed by atoms with Crippen LogP contribution in [0.4, 0.5) is 13.2 Å². The van der Waals surface area contributed by atoms with Gasteiger partial charge in [0.15, 0.2) is 5.82 Å². The van der Waals surface area contributed by atoms with E-state index in [4.69, 9.17) is 0 Å². The van der Waals surface area contributed by atoms with Crippen molar-refractivity contribution in [2.24, 2.45) is 5.92 Å². The number of aromatic nitrogens is 4. The molecule has 2 aromatic rings. The van der Waals surface area contributed by atoms with Crippen molar-refractivity contribution in [3.05, 3.63) is 24.3 Å². The molecule has 6 nitrogen and oxygen atoms in total. The van der Waals surface area contributed by atoms with Gasteiger partial charge in [0.25, 0.3) is 5.78 Å². The van der Waals surface area contributed by atoms with E-state index < -0.39 is 12.1 Å². The largest absolute Gasteiger partial charge is 0.393 e. The third-order valence-electron chi connectivity index (χ3n) is 3.71. The van der Waals surface area contributed by atoms with Crippen LogP contribution in [-0.2, 0) is 11.2 Å². The number of fused-ring (bicyclic) bond motifs is 1. The van der Waals surface area contributed by atoms with Crippen molar-refractivity contribution in [3.63, 3.8) is 0 Å². The molecule has 3 heterocycles. The molecule has 22 heavy (non-hydrogen) atoms. The monoisotopic (exact) mass is 313 g/mol. The van der Waals surface area contributed by atoms with Crippen molar-refractivity contribution in [2.45, 2.75) is 25.4 Å². The second-order valence-corrected chi connectivity index (χ2v) is 5.29. The summed E-state index contributed by atoms with van der Waals surface area (Å²) in [6, 6.07) is 1.67. The molecule has 118 valence electrons. The van der Waals surface area contributed by atoms with E-state index in [2.05, 4.69) is 15.1 Å². The standard InChI is InChI=1S/C13H14F3N5O/c14-13(15,16)9-3-1-5-20(8-9)11(22)7-10-18-12-17-4-2-6-21(12)19-10/h2,4,6,9H,1,3,5,7-8H2/t9-/m1/s1. The quantitative estimate of drug-likeness (QED) is 0.842. The number of hydrogen-bond acceptors (Lipinski definition) is 4. The van der Waals surface area contributed by atoms with Crippen molar-refractivity contribution >= 4 is 11.7 Å². The molecule has 3 rings (SSSR count). The van der Waals surface area contributed by atoms with Crippen molar-refractivity contribution in [1.29, 1.82) is 0 Å². The van der Waals surface area contributed by atoms with Crippen LogP contribution < -0.4 is 0 Å². The summed E-state index contributed by atoms with van der Waals surface area (Å²) in [5.41, 5.74) is 0. The number of rotatable bonds is 2. The topological polar surface area (TPSA) is 63.4 Å². The minimum absolute atomic E-state index is 0.0732. The molecule has 0 spiro atoms. The van der Waals surface area contributed by atoms with E-state index >= 15 is 0 Å². The van der Waals surface area contributed by atoms with Gasteiger partial charge in [-0.15, -0.1) is 5.10 Å². The van der Waals surface area contributed by atoms with Crippen molar-refractivity contribution < 1.29 is 18.0 Å². The first-order chi connectivity index (χ1) is 10.4. The highest BCUT2D eigenvalue weighted by Gasteiger charge is 2.42. The number of amides is 1. The van der Waals surface area contributed by atoms with E-state index in [1.54, 1.807) is 18.5 Å². The van der Waals surface area contributed by atoms with Gasteiger partial charge in [0.2, 0.25) is 5.91 Å². The molecule has 0 saturated carbocycles. The van der Waals surface area contributed by atoms with Crippen LogP contribution in [0.3, 0.4) is 0 Å². The van der Waals surface area contributed by atoms with Gasteiger partial charge in [-0.3, -0.25) is 4.79 Å². The highest BCUT2D eigenvalue weighted by atomic mass is 19.4. The first kappa shape index (κ1) is 14.7. The molecular weight excluding hydrogens is 299 g/mol. The minimum atomic E-state index is -4.26. The summed E-state index contributed by atoms with van der Waals surface area (Å²) >= 11 is 0. The van der Waals surface area contributed by atoms with Gasteiger partial charge >= 0.3 is 6.18 Å². The zero-order chi connectivity index (χ0) is 15.7. The first-order valence-corrected chi connectivity index (χ1v) is 6.94. The van der Waals surface area contributed by atoms with E-state index in [1.165, 1.54) is 9.42 Å². The second-order valence-electron chi connectivity index (χ2n) is 5.29. The van der Waals surface area contributed by atoms with E-state index in [-0.39, 0.29) is 31.1 Å². The molecule has 0 unspecified atom stereocenters. The number of carbonyl (C=O) groups is 1. The molecule has 1 aliphatic rings. The summed E-state index contributed by atoms with van der Waals surface area (Å²) in [5.74, 6) is -1.21. The Bertz CT molecular complexity index is 651. The SMILES string of the molecule is O=C(Cc1nc2ncccn2n1)N1CCC[C@@H](C(F)(F)F)C1. The van der Waals surface area contributed by atoms with E-state index in [9.17, 15) is 18.0 Å². The predicted octanol–water partition coefficient (Wildman–Crippen LogP) is 1.47. The molecule has 1 amide bonds. The van der Waals surface area contributed by atoms with Gasteiger partial charge in [0.1, 0.15) is 0 Å². The number of nitrogens with zero attached hydrogens (tertiary/aromatic N) is 5. The Hall–Kier alpha value is -2.19. The van der Waals surface area contributed by atoms with Crippen LogP contribution >= 0.6 is 0 Å². The molecule has 0 aliphatic carbocycles. The average Bonchev–Trinajstić information content (AvgIpc) is 2.88. The maximum absolute atomic E-state index is 12.8. The number of hydrogen-bond donors (Lipinski definition) is 0. The van der Waals surface area contributed by atoms with Crippen LogP contribution in [0.5, 0.6) is 0 Å². The summed E-state index contributed by atoms with van der Waals surface area (Å²) in [7, 11) is 0. The summed E-state index contributed by atoms with van der Waals surface area (Å²) in [6.45, 7) is 0.0605. The van der Waals surface area contributed by atoms with Crippen molar-refractivity contribution in [2.75, 3.05) is 13.1 Å². The maximum Gasteiger partial charge on any atom is 0.393 e. The summed E-state index contributed by atoms with van der Waals surface area (Å²) in [6.07, 6.45) is -0.754. The second kappa shape index (κ2) is 5.54. The molecular formula is C13H14F3N5O. The van der Waals surface area contributed by atoms with Gasteiger partial charge in [0.05, 0.1) is 12.3 Å². The molecule has 1 aliphatic heterocycles. The maximum atomic E-state index is 12.8. The van der Waals surface area contributed by atoms with Crippen LogP contribution in [0.25, 0.3) is 5.78 Å². The highest BCUT2D eigenvalue weighted by molar-refractivity contribution is 5.78. The molecule has 0 aromatic carbocycles. The van der Waals surface area contributed by atoms with Crippen LogP contribution in [0, 0.1) is 5.92 Å². The Morgan fingerprint density at radius 2 is 2.23 bits per heavy atom. The van der Waals surface area contributed by atoms with Gasteiger partial charge in [-0.1, -0.05) is 0 Å². The molecule has 1 atom stereocenters. The minimum Gasteiger partial charge on any atom is -0.342 e. The highest BCUT2D eigenvalue weighted by Crippen LogP contribution is 2.33. The molecule has 2 aromatic heterocycles. The Labute approximate surface area is 124 Å². The third kappa shape index (κ3) is 3.02. The number of alkyl halides is 3. The fourth-order valence-corrected chi connectivity index (χ4v) is 2.57. The summed E-state index contributed by atoms with van der Waals surface area (Å²) in [4.78, 5) is 21.5. The summed E-state index contributed by atoms with van der Waals surface area (Å²) < 4.78 is 39.7. The van der Waals surface area contributed by atoms with Crippen LogP contribution in [0.15, 0.2) is 18.5 Å². The molecule has 0 radical (unpaired) electrons. The van der Waals surface area contributed by atoms with Gasteiger partial charge in [-0.05, 0) is 18.9 Å². The van der Waals surface area contributed by atoms with Crippen molar-refractivity contribution in [3.8, 4) is 0 Å². The average molecular weight is 313 g/mol. The fraction of sp³-hybridized carbons (Fsp3) is 0.538. The van der Waals surface area contributed by atoms with Gasteiger partial charge in [0, 0.05) is 25.5 Å². The molecule has 1 fully saturated rings. The van der Waals surface area contributed by atoms with E-state index in [0.29, 0.717) is 18.7 Å². The fourth-order valence-electron chi connectivity index (χ4n) is 2.57.